The molecule has 0 atom stereocenters. The minimum atomic E-state index is -3.66. The molecule has 124 valence electrons. The van der Waals surface area contributed by atoms with Crippen molar-refractivity contribution in [2.75, 3.05) is 11.4 Å². The number of hydrogen-bond acceptors (Lipinski definition) is 4. The van der Waals surface area contributed by atoms with Crippen LogP contribution in [0.5, 0.6) is 0 Å². The maximum absolute atomic E-state index is 12.8. The van der Waals surface area contributed by atoms with Gasteiger partial charge in [-0.2, -0.15) is 0 Å². The van der Waals surface area contributed by atoms with Gasteiger partial charge in [0, 0.05) is 12.5 Å². The Bertz CT molecular complexity index is 766. The molecule has 2 amide bonds. The molecule has 1 aromatic carbocycles. The Morgan fingerprint density at radius 3 is 2.61 bits per heavy atom. The van der Waals surface area contributed by atoms with Crippen LogP contribution in [0.1, 0.15) is 33.1 Å². The zero-order chi connectivity index (χ0) is 16.8. The predicted octanol–water partition coefficient (Wildman–Crippen LogP) is 1.25. The van der Waals surface area contributed by atoms with Gasteiger partial charge in [-0.25, -0.2) is 8.42 Å². The average Bonchev–Trinajstić information content (AvgIpc) is 3.27. The average molecular weight is 336 g/mol. The number of hydrogen-bond donors (Lipinski definition) is 1. The molecule has 23 heavy (non-hydrogen) atoms. The van der Waals surface area contributed by atoms with E-state index >= 15 is 0 Å². The molecular weight excluding hydrogens is 316 g/mol. The number of benzene rings is 1. The molecule has 1 aromatic rings. The van der Waals surface area contributed by atoms with Crippen LogP contribution in [0.2, 0.25) is 0 Å². The van der Waals surface area contributed by atoms with Gasteiger partial charge in [0.05, 0.1) is 15.3 Å². The van der Waals surface area contributed by atoms with Crippen molar-refractivity contribution in [3.05, 3.63) is 24.3 Å². The predicted molar refractivity (Wildman–Crippen MR) is 85.8 cm³/mol. The Labute approximate surface area is 135 Å². The van der Waals surface area contributed by atoms with Crippen LogP contribution in [0.4, 0.5) is 5.69 Å². The highest BCUT2D eigenvalue weighted by molar-refractivity contribution is 7.93. The molecule has 1 aliphatic carbocycles. The van der Waals surface area contributed by atoms with Gasteiger partial charge < -0.3 is 10.2 Å². The number of nitrogens with zero attached hydrogens (tertiary/aromatic N) is 1. The second kappa shape index (κ2) is 5.33. The van der Waals surface area contributed by atoms with E-state index in [-0.39, 0.29) is 41.4 Å². The van der Waals surface area contributed by atoms with E-state index in [1.54, 1.807) is 32.0 Å². The number of fused-ring (bicyclic) bond motifs is 1. The Kier molecular flexibility index (Phi) is 3.71. The molecule has 1 N–H and O–H groups in total. The van der Waals surface area contributed by atoms with Crippen molar-refractivity contribution < 1.29 is 18.0 Å². The Morgan fingerprint density at radius 2 is 1.96 bits per heavy atom. The van der Waals surface area contributed by atoms with E-state index in [0.29, 0.717) is 0 Å². The summed E-state index contributed by atoms with van der Waals surface area (Å²) in [5.74, 6) is -0.609. The molecule has 6 nitrogen and oxygen atoms in total. The molecule has 1 saturated carbocycles. The van der Waals surface area contributed by atoms with Gasteiger partial charge in [0.25, 0.3) is 0 Å². The third-order valence-electron chi connectivity index (χ3n) is 4.30. The minimum absolute atomic E-state index is 0.107. The highest BCUT2D eigenvalue weighted by atomic mass is 32.2. The van der Waals surface area contributed by atoms with Crippen LogP contribution in [0.3, 0.4) is 0 Å². The summed E-state index contributed by atoms with van der Waals surface area (Å²) in [6, 6.07) is 6.57. The van der Waals surface area contributed by atoms with Gasteiger partial charge >= 0.3 is 0 Å². The first kappa shape index (κ1) is 16.0. The molecular formula is C16H20N2O4S. The summed E-state index contributed by atoms with van der Waals surface area (Å²) < 4.78 is 24.5. The summed E-state index contributed by atoms with van der Waals surface area (Å²) in [7, 11) is -3.66. The molecule has 0 aromatic heterocycles. The monoisotopic (exact) mass is 336 g/mol. The van der Waals surface area contributed by atoms with Gasteiger partial charge in [-0.1, -0.05) is 12.1 Å². The quantitative estimate of drug-likeness (QED) is 0.900. The molecule has 1 fully saturated rings. The van der Waals surface area contributed by atoms with E-state index in [9.17, 15) is 18.0 Å². The first-order valence-electron chi connectivity index (χ1n) is 7.66. The molecule has 0 unspecified atom stereocenters. The summed E-state index contributed by atoms with van der Waals surface area (Å²) in [6.45, 7) is 2.94. The highest BCUT2D eigenvalue weighted by Crippen LogP contribution is 2.38. The number of amides is 2. The molecule has 3 rings (SSSR count). The minimum Gasteiger partial charge on any atom is -0.352 e. The third-order valence-corrected chi connectivity index (χ3v) is 6.82. The maximum Gasteiger partial charge on any atom is 0.240 e. The number of carbonyl (C=O) groups is 2. The largest absolute Gasteiger partial charge is 0.352 e. The van der Waals surface area contributed by atoms with Crippen LogP contribution in [0.15, 0.2) is 29.2 Å². The Hall–Kier alpha value is -1.89. The molecule has 0 bridgehead atoms. The molecule has 0 radical (unpaired) electrons. The van der Waals surface area contributed by atoms with Crippen molar-refractivity contribution in [1.82, 2.24) is 5.32 Å². The van der Waals surface area contributed by atoms with Crippen molar-refractivity contribution in [2.45, 2.75) is 48.8 Å². The van der Waals surface area contributed by atoms with Gasteiger partial charge in [-0.05, 0) is 38.8 Å². The Balaban J connectivity index is 2.02. The lowest BCUT2D eigenvalue weighted by Gasteiger charge is -2.22. The Morgan fingerprint density at radius 1 is 1.30 bits per heavy atom. The number of para-hydroxylation sites is 1. The zero-order valence-corrected chi connectivity index (χ0v) is 14.0. The first-order valence-corrected chi connectivity index (χ1v) is 9.14. The van der Waals surface area contributed by atoms with Crippen molar-refractivity contribution >= 4 is 27.3 Å². The fraction of sp³-hybridized carbons (Fsp3) is 0.500. The van der Waals surface area contributed by atoms with Crippen LogP contribution < -0.4 is 10.2 Å². The number of anilines is 1. The molecule has 7 heteroatoms. The lowest BCUT2D eigenvalue weighted by Crippen LogP contribution is -2.42. The lowest BCUT2D eigenvalue weighted by atomic mass is 10.1. The summed E-state index contributed by atoms with van der Waals surface area (Å²) in [5, 5.41) is 2.83. The van der Waals surface area contributed by atoms with Crippen molar-refractivity contribution in [3.8, 4) is 0 Å². The first-order chi connectivity index (χ1) is 10.7. The van der Waals surface area contributed by atoms with Crippen molar-refractivity contribution in [1.29, 1.82) is 0 Å². The summed E-state index contributed by atoms with van der Waals surface area (Å²) in [5.41, 5.74) is 0.286. The van der Waals surface area contributed by atoms with Crippen LogP contribution in [-0.2, 0) is 19.4 Å². The number of nitrogens with one attached hydrogen (secondary N) is 1. The number of sulfone groups is 1. The van der Waals surface area contributed by atoms with E-state index in [1.165, 1.54) is 11.0 Å². The zero-order valence-electron chi connectivity index (χ0n) is 13.2. The summed E-state index contributed by atoms with van der Waals surface area (Å²) in [6.07, 6.45) is 1.76. The standard InChI is InChI=1S/C16H20N2O4S/c1-16(2)9-15(20)18(10-14(19)17-11-7-8-11)12-5-3-4-6-13(12)23(16,21)22/h3-6,11H,7-10H2,1-2H3,(H,17,19). The molecule has 1 aliphatic heterocycles. The second-order valence-corrected chi connectivity index (χ2v) is 9.28. The van der Waals surface area contributed by atoms with Gasteiger partial charge in [0.2, 0.25) is 11.8 Å². The van der Waals surface area contributed by atoms with Crippen molar-refractivity contribution in [2.24, 2.45) is 0 Å². The maximum atomic E-state index is 12.8. The molecule has 0 saturated heterocycles. The van der Waals surface area contributed by atoms with Gasteiger partial charge in [0.15, 0.2) is 9.84 Å². The van der Waals surface area contributed by atoms with Gasteiger partial charge in [-0.15, -0.1) is 0 Å². The molecule has 0 spiro atoms. The lowest BCUT2D eigenvalue weighted by molar-refractivity contribution is -0.124. The smallest absolute Gasteiger partial charge is 0.240 e. The number of rotatable bonds is 3. The SMILES string of the molecule is CC1(C)CC(=O)N(CC(=O)NC2CC2)c2ccccc2S1(=O)=O. The van der Waals surface area contributed by atoms with E-state index in [2.05, 4.69) is 5.32 Å². The molecule has 2 aliphatic rings. The van der Waals surface area contributed by atoms with Gasteiger partial charge in [-0.3, -0.25) is 9.59 Å². The van der Waals surface area contributed by atoms with Crippen molar-refractivity contribution in [3.63, 3.8) is 0 Å². The van der Waals surface area contributed by atoms with E-state index < -0.39 is 14.6 Å². The summed E-state index contributed by atoms with van der Waals surface area (Å²) in [4.78, 5) is 26.1. The fourth-order valence-corrected chi connectivity index (χ4v) is 4.33. The third kappa shape index (κ3) is 2.85. The number of carbonyl (C=O) groups excluding carboxylic acids is 2. The van der Waals surface area contributed by atoms with Crippen LogP contribution >= 0.6 is 0 Å². The normalized spacial score (nSPS) is 22.2. The molecule has 1 heterocycles. The fourth-order valence-electron chi connectivity index (χ4n) is 2.71. The van der Waals surface area contributed by atoms with Crippen LogP contribution in [-0.4, -0.2) is 37.6 Å². The topological polar surface area (TPSA) is 83.6 Å². The van der Waals surface area contributed by atoms with Crippen LogP contribution in [0.25, 0.3) is 0 Å². The summed E-state index contributed by atoms with van der Waals surface area (Å²) >= 11 is 0. The van der Waals surface area contributed by atoms with Gasteiger partial charge in [0.1, 0.15) is 6.54 Å². The highest BCUT2D eigenvalue weighted by Gasteiger charge is 2.44. The van der Waals surface area contributed by atoms with Crippen LogP contribution in [0, 0.1) is 0 Å². The van der Waals surface area contributed by atoms with E-state index in [0.717, 1.165) is 12.8 Å². The van der Waals surface area contributed by atoms with E-state index in [4.69, 9.17) is 0 Å². The van der Waals surface area contributed by atoms with E-state index in [1.807, 2.05) is 0 Å². The second-order valence-electron chi connectivity index (χ2n) is 6.73.